The first-order valence-corrected chi connectivity index (χ1v) is 8.08. The molecule has 0 bridgehead atoms. The molecule has 1 unspecified atom stereocenters. The van der Waals surface area contributed by atoms with E-state index in [-0.39, 0.29) is 6.10 Å². The monoisotopic (exact) mass is 281 g/mol. The minimum Gasteiger partial charge on any atom is -0.393 e. The Morgan fingerprint density at radius 2 is 1.58 bits per heavy atom. The summed E-state index contributed by atoms with van der Waals surface area (Å²) in [5, 5.41) is 13.8. The molecular weight excluding hydrogens is 257 g/mol. The van der Waals surface area contributed by atoms with Gasteiger partial charge in [-0.05, 0) is 72.6 Å². The quantitative estimate of drug-likeness (QED) is 0.848. The first kappa shape index (κ1) is 13.5. The lowest BCUT2D eigenvalue weighted by Gasteiger charge is -2.36. The van der Waals surface area contributed by atoms with Crippen LogP contribution in [0.5, 0.6) is 0 Å². The fourth-order valence-electron chi connectivity index (χ4n) is 3.97. The van der Waals surface area contributed by atoms with E-state index in [1.807, 2.05) is 4.45 Å². The zero-order chi connectivity index (χ0) is 13.2. The molecule has 1 aromatic heterocycles. The Hall–Kier alpha value is -0.470. The van der Waals surface area contributed by atoms with Crippen molar-refractivity contribution in [3.63, 3.8) is 0 Å². The van der Waals surface area contributed by atoms with Crippen LogP contribution in [0.3, 0.4) is 0 Å². The highest BCUT2D eigenvalue weighted by atomic mass is 31.0. The van der Waals surface area contributed by atoms with Gasteiger partial charge in [-0.2, -0.15) is 5.10 Å². The molecule has 2 saturated carbocycles. The van der Waals surface area contributed by atoms with Crippen LogP contribution >= 0.6 is 9.39 Å². The summed E-state index contributed by atoms with van der Waals surface area (Å²) in [4.78, 5) is 4.38. The van der Waals surface area contributed by atoms with Gasteiger partial charge in [0.2, 0.25) is 0 Å². The summed E-state index contributed by atoms with van der Waals surface area (Å²) in [5.74, 6) is 3.45. The highest BCUT2D eigenvalue weighted by Gasteiger charge is 2.31. The third-order valence-corrected chi connectivity index (χ3v) is 5.54. The van der Waals surface area contributed by atoms with Gasteiger partial charge in [-0.3, -0.25) is 0 Å². The largest absolute Gasteiger partial charge is 0.393 e. The van der Waals surface area contributed by atoms with Gasteiger partial charge in [-0.15, -0.1) is 0 Å². The summed E-state index contributed by atoms with van der Waals surface area (Å²) in [6.45, 7) is 0. The van der Waals surface area contributed by atoms with Crippen molar-refractivity contribution in [2.24, 2.45) is 11.8 Å². The molecule has 0 aromatic carbocycles. The molecule has 1 atom stereocenters. The molecule has 3 rings (SSSR count). The Morgan fingerprint density at radius 3 is 2.11 bits per heavy atom. The van der Waals surface area contributed by atoms with Crippen molar-refractivity contribution < 1.29 is 5.11 Å². The highest BCUT2D eigenvalue weighted by Crippen LogP contribution is 2.42. The fourth-order valence-corrected chi connectivity index (χ4v) is 4.31. The lowest BCUT2D eigenvalue weighted by molar-refractivity contribution is 0.0802. The van der Waals surface area contributed by atoms with Crippen molar-refractivity contribution in [3.05, 3.63) is 12.2 Å². The van der Waals surface area contributed by atoms with Crippen molar-refractivity contribution in [1.29, 1.82) is 0 Å². The van der Waals surface area contributed by atoms with Crippen molar-refractivity contribution in [2.75, 3.05) is 0 Å². The summed E-state index contributed by atoms with van der Waals surface area (Å²) in [7, 11) is 2.63. The molecule has 1 heterocycles. The molecule has 1 aromatic rings. The van der Waals surface area contributed by atoms with Crippen LogP contribution in [0, 0.1) is 11.8 Å². The van der Waals surface area contributed by atoms with Crippen LogP contribution in [-0.4, -0.2) is 25.7 Å². The van der Waals surface area contributed by atoms with Gasteiger partial charge in [0.1, 0.15) is 12.2 Å². The van der Waals surface area contributed by atoms with Gasteiger partial charge in [0, 0.05) is 5.92 Å². The summed E-state index contributed by atoms with van der Waals surface area (Å²) < 4.78 is 1.85. The molecule has 0 amide bonds. The average Bonchev–Trinajstić information content (AvgIpc) is 2.86. The number of aliphatic hydroxyl groups excluding tert-OH is 1. The zero-order valence-electron chi connectivity index (χ0n) is 11.4. The molecule has 0 aliphatic heterocycles. The van der Waals surface area contributed by atoms with Gasteiger partial charge in [0.25, 0.3) is 0 Å². The molecule has 2 aliphatic rings. The topological polar surface area (TPSA) is 50.9 Å². The van der Waals surface area contributed by atoms with Crippen LogP contribution in [0.25, 0.3) is 0 Å². The van der Waals surface area contributed by atoms with E-state index in [1.165, 1.54) is 38.5 Å². The maximum Gasteiger partial charge on any atom is 0.138 e. The SMILES string of the molecule is OC1CCC(C2CCC(c3ncnn3P)CC2)CC1. The summed E-state index contributed by atoms with van der Waals surface area (Å²) in [6, 6.07) is 0. The smallest absolute Gasteiger partial charge is 0.138 e. The lowest BCUT2D eigenvalue weighted by atomic mass is 9.70. The fraction of sp³-hybridized carbons (Fsp3) is 0.857. The minimum absolute atomic E-state index is 0.0248. The molecule has 4 nitrogen and oxygen atoms in total. The van der Waals surface area contributed by atoms with E-state index >= 15 is 0 Å². The van der Waals surface area contributed by atoms with Gasteiger partial charge in [-0.1, -0.05) is 0 Å². The van der Waals surface area contributed by atoms with Gasteiger partial charge in [-0.25, -0.2) is 9.44 Å². The molecule has 0 spiro atoms. The predicted molar refractivity (Wildman–Crippen MR) is 77.8 cm³/mol. The second-order valence-corrected chi connectivity index (χ2v) is 6.73. The molecule has 19 heavy (non-hydrogen) atoms. The van der Waals surface area contributed by atoms with Crippen molar-refractivity contribution in [2.45, 2.75) is 63.4 Å². The van der Waals surface area contributed by atoms with Crippen LogP contribution in [0.4, 0.5) is 0 Å². The van der Waals surface area contributed by atoms with Crippen molar-refractivity contribution >= 4 is 9.39 Å². The van der Waals surface area contributed by atoms with Crippen LogP contribution in [-0.2, 0) is 0 Å². The van der Waals surface area contributed by atoms with E-state index in [2.05, 4.69) is 19.5 Å². The van der Waals surface area contributed by atoms with E-state index in [0.717, 1.165) is 30.5 Å². The summed E-state index contributed by atoms with van der Waals surface area (Å²) in [6.07, 6.45) is 11.3. The predicted octanol–water partition coefficient (Wildman–Crippen LogP) is 2.74. The number of hydrogen-bond acceptors (Lipinski definition) is 3. The zero-order valence-corrected chi connectivity index (χ0v) is 12.6. The van der Waals surface area contributed by atoms with E-state index in [4.69, 9.17) is 0 Å². The number of rotatable bonds is 2. The second kappa shape index (κ2) is 5.88. The maximum absolute atomic E-state index is 9.60. The molecule has 1 N–H and O–H groups in total. The third kappa shape index (κ3) is 3.00. The van der Waals surface area contributed by atoms with E-state index < -0.39 is 0 Å². The summed E-state index contributed by atoms with van der Waals surface area (Å²) in [5.41, 5.74) is 0. The van der Waals surface area contributed by atoms with Crippen LogP contribution in [0.1, 0.15) is 63.1 Å². The van der Waals surface area contributed by atoms with Crippen molar-refractivity contribution in [3.8, 4) is 0 Å². The average molecular weight is 281 g/mol. The first-order chi connectivity index (χ1) is 9.24. The highest BCUT2D eigenvalue weighted by molar-refractivity contribution is 7.14. The van der Waals surface area contributed by atoms with Crippen molar-refractivity contribution in [1.82, 2.24) is 14.5 Å². The minimum atomic E-state index is -0.0248. The third-order valence-electron chi connectivity index (χ3n) is 5.15. The number of nitrogens with zero attached hydrogens (tertiary/aromatic N) is 3. The Kier molecular flexibility index (Phi) is 4.18. The van der Waals surface area contributed by atoms with Gasteiger partial charge in [0.05, 0.1) is 6.10 Å². The number of aliphatic hydroxyl groups is 1. The normalized spacial score (nSPS) is 36.3. The summed E-state index contributed by atoms with van der Waals surface area (Å²) >= 11 is 0. The second-order valence-electron chi connectivity index (χ2n) is 6.24. The lowest BCUT2D eigenvalue weighted by Crippen LogP contribution is -2.27. The van der Waals surface area contributed by atoms with E-state index in [1.54, 1.807) is 6.33 Å². The number of aromatic nitrogens is 3. The standard InChI is InChI=1S/C14H24N3OP/c18-13-7-5-11(6-8-13)10-1-3-12(4-2-10)14-15-9-16-17(14)19/h9-13,18H,1-8,19H2. The Balaban J connectivity index is 1.53. The van der Waals surface area contributed by atoms with Gasteiger partial charge >= 0.3 is 0 Å². The molecular formula is C14H24N3OP. The van der Waals surface area contributed by atoms with Crippen LogP contribution < -0.4 is 0 Å². The van der Waals surface area contributed by atoms with Crippen LogP contribution in [0.2, 0.25) is 0 Å². The van der Waals surface area contributed by atoms with Gasteiger partial charge < -0.3 is 5.11 Å². The maximum atomic E-state index is 9.60. The van der Waals surface area contributed by atoms with E-state index in [0.29, 0.717) is 5.92 Å². The molecule has 0 saturated heterocycles. The Morgan fingerprint density at radius 1 is 1.00 bits per heavy atom. The van der Waals surface area contributed by atoms with Gasteiger partial charge in [0.15, 0.2) is 0 Å². The van der Waals surface area contributed by atoms with E-state index in [9.17, 15) is 5.11 Å². The van der Waals surface area contributed by atoms with Crippen LogP contribution in [0.15, 0.2) is 6.33 Å². The molecule has 5 heteroatoms. The molecule has 2 fully saturated rings. The molecule has 106 valence electrons. The number of hydrogen-bond donors (Lipinski definition) is 1. The Labute approximate surface area is 117 Å². The molecule has 2 aliphatic carbocycles. The Bertz CT molecular complexity index is 407. The molecule has 0 radical (unpaired) electrons. The first-order valence-electron chi connectivity index (χ1n) is 7.57.